The van der Waals surface area contributed by atoms with Crippen molar-refractivity contribution in [1.29, 1.82) is 0 Å². The molecule has 1 saturated heterocycles. The zero-order chi connectivity index (χ0) is 13.2. The van der Waals surface area contributed by atoms with Gasteiger partial charge in [-0.25, -0.2) is 9.66 Å². The second-order valence-electron chi connectivity index (χ2n) is 4.93. The number of hydrogen-bond donors (Lipinski definition) is 0. The molecule has 0 spiro atoms. The van der Waals surface area contributed by atoms with E-state index >= 15 is 0 Å². The summed E-state index contributed by atoms with van der Waals surface area (Å²) in [6.07, 6.45) is 4.59. The summed E-state index contributed by atoms with van der Waals surface area (Å²) in [6, 6.07) is 5.91. The molecule has 0 amide bonds. The number of benzene rings is 1. The van der Waals surface area contributed by atoms with Crippen molar-refractivity contribution in [3.8, 4) is 0 Å². The number of aryl methyl sites for hydroxylation is 1. The maximum atomic E-state index is 6.05. The molecule has 3 rings (SSSR count). The molecule has 0 bridgehead atoms. The van der Waals surface area contributed by atoms with Crippen LogP contribution in [-0.2, 0) is 6.42 Å². The maximum Gasteiger partial charge on any atom is 0.130 e. The molecule has 1 aromatic carbocycles. The van der Waals surface area contributed by atoms with E-state index in [1.807, 2.05) is 12.1 Å². The topological polar surface area (TPSA) is 21.1 Å². The van der Waals surface area contributed by atoms with Gasteiger partial charge in [-0.15, -0.1) is 11.6 Å². The minimum atomic E-state index is 0.588. The molecule has 1 aliphatic heterocycles. The first-order valence-corrected chi connectivity index (χ1v) is 7.69. The lowest BCUT2D eigenvalue weighted by molar-refractivity contribution is 0.476. The SMILES string of the molecule is ClCCc1nc2cc(Cl)ccc2n1N1CCCCC1. The fraction of sp³-hybridized carbons (Fsp3) is 0.500. The van der Waals surface area contributed by atoms with Crippen molar-refractivity contribution in [1.82, 2.24) is 9.66 Å². The number of rotatable bonds is 3. The molecule has 2 heterocycles. The Labute approximate surface area is 123 Å². The third kappa shape index (κ3) is 2.54. The highest BCUT2D eigenvalue weighted by atomic mass is 35.5. The van der Waals surface area contributed by atoms with E-state index < -0.39 is 0 Å². The van der Waals surface area contributed by atoms with E-state index in [1.54, 1.807) is 0 Å². The Hall–Kier alpha value is -0.930. The molecule has 2 aromatic rings. The molecule has 0 saturated carbocycles. The van der Waals surface area contributed by atoms with Crippen LogP contribution in [0.5, 0.6) is 0 Å². The number of imidazole rings is 1. The van der Waals surface area contributed by atoms with Crippen LogP contribution in [0.4, 0.5) is 0 Å². The van der Waals surface area contributed by atoms with E-state index in [-0.39, 0.29) is 0 Å². The lowest BCUT2D eigenvalue weighted by Gasteiger charge is -2.31. The first kappa shape index (κ1) is 13.1. The molecule has 0 radical (unpaired) electrons. The van der Waals surface area contributed by atoms with Crippen LogP contribution in [0.15, 0.2) is 18.2 Å². The van der Waals surface area contributed by atoms with Crippen LogP contribution in [0.1, 0.15) is 25.1 Å². The minimum absolute atomic E-state index is 0.588. The standard InChI is InChI=1S/C14H17Cl2N3/c15-7-6-14-17-12-10-11(16)4-5-13(12)19(14)18-8-2-1-3-9-18/h4-5,10H,1-3,6-9H2. The van der Waals surface area contributed by atoms with Gasteiger partial charge in [0.2, 0.25) is 0 Å². The number of hydrogen-bond acceptors (Lipinski definition) is 2. The molecule has 1 fully saturated rings. The highest BCUT2D eigenvalue weighted by Gasteiger charge is 2.18. The predicted octanol–water partition coefficient (Wildman–Crippen LogP) is 3.59. The van der Waals surface area contributed by atoms with Crippen molar-refractivity contribution in [2.24, 2.45) is 0 Å². The Kier molecular flexibility index (Phi) is 3.85. The monoisotopic (exact) mass is 297 g/mol. The van der Waals surface area contributed by atoms with Gasteiger partial charge in [0.05, 0.1) is 11.0 Å². The van der Waals surface area contributed by atoms with E-state index in [1.165, 1.54) is 19.3 Å². The molecule has 19 heavy (non-hydrogen) atoms. The van der Waals surface area contributed by atoms with Crippen LogP contribution < -0.4 is 5.01 Å². The molecule has 0 atom stereocenters. The summed E-state index contributed by atoms with van der Waals surface area (Å²) in [5, 5.41) is 3.11. The fourth-order valence-electron chi connectivity index (χ4n) is 2.73. The van der Waals surface area contributed by atoms with E-state index in [9.17, 15) is 0 Å². The van der Waals surface area contributed by atoms with Crippen molar-refractivity contribution in [3.05, 3.63) is 29.0 Å². The molecule has 102 valence electrons. The first-order valence-electron chi connectivity index (χ1n) is 6.77. The Morgan fingerprint density at radius 3 is 2.68 bits per heavy atom. The maximum absolute atomic E-state index is 6.05. The summed E-state index contributed by atoms with van der Waals surface area (Å²) >= 11 is 12.0. The second-order valence-corrected chi connectivity index (χ2v) is 5.74. The van der Waals surface area contributed by atoms with E-state index in [4.69, 9.17) is 28.2 Å². The summed E-state index contributed by atoms with van der Waals surface area (Å²) in [7, 11) is 0. The number of halogens is 2. The average Bonchev–Trinajstić information content (AvgIpc) is 2.77. The Morgan fingerprint density at radius 2 is 1.95 bits per heavy atom. The molecule has 0 aliphatic carbocycles. The van der Waals surface area contributed by atoms with Crippen molar-refractivity contribution >= 4 is 34.2 Å². The predicted molar refractivity (Wildman–Crippen MR) is 81.0 cm³/mol. The molecular formula is C14H17Cl2N3. The van der Waals surface area contributed by atoms with Crippen molar-refractivity contribution in [2.45, 2.75) is 25.7 Å². The van der Waals surface area contributed by atoms with Crippen LogP contribution in [0, 0.1) is 0 Å². The highest BCUT2D eigenvalue weighted by Crippen LogP contribution is 2.23. The second kappa shape index (κ2) is 5.59. The van der Waals surface area contributed by atoms with Gasteiger partial charge < -0.3 is 5.01 Å². The van der Waals surface area contributed by atoms with Crippen molar-refractivity contribution in [3.63, 3.8) is 0 Å². The van der Waals surface area contributed by atoms with E-state index in [0.29, 0.717) is 5.88 Å². The smallest absolute Gasteiger partial charge is 0.130 e. The molecular weight excluding hydrogens is 281 g/mol. The number of alkyl halides is 1. The van der Waals surface area contributed by atoms with Crippen LogP contribution in [0.2, 0.25) is 5.02 Å². The van der Waals surface area contributed by atoms with Gasteiger partial charge in [0.15, 0.2) is 0 Å². The van der Waals surface area contributed by atoms with Gasteiger partial charge in [0, 0.05) is 30.4 Å². The van der Waals surface area contributed by atoms with Gasteiger partial charge in [0.25, 0.3) is 0 Å². The van der Waals surface area contributed by atoms with Gasteiger partial charge in [-0.05, 0) is 37.5 Å². The highest BCUT2D eigenvalue weighted by molar-refractivity contribution is 6.31. The van der Waals surface area contributed by atoms with Crippen molar-refractivity contribution in [2.75, 3.05) is 24.0 Å². The number of piperidine rings is 1. The van der Waals surface area contributed by atoms with Gasteiger partial charge in [-0.2, -0.15) is 0 Å². The average molecular weight is 298 g/mol. The Bertz CT molecular complexity index is 573. The fourth-order valence-corrected chi connectivity index (χ4v) is 3.07. The first-order chi connectivity index (χ1) is 9.29. The van der Waals surface area contributed by atoms with E-state index in [0.717, 1.165) is 41.4 Å². The molecule has 0 N–H and O–H groups in total. The lowest BCUT2D eigenvalue weighted by atomic mass is 10.2. The van der Waals surface area contributed by atoms with E-state index in [2.05, 4.69) is 15.8 Å². The molecule has 1 aromatic heterocycles. The third-order valence-electron chi connectivity index (χ3n) is 3.59. The molecule has 5 heteroatoms. The minimum Gasteiger partial charge on any atom is -0.311 e. The zero-order valence-electron chi connectivity index (χ0n) is 10.8. The third-order valence-corrected chi connectivity index (χ3v) is 4.02. The summed E-state index contributed by atoms with van der Waals surface area (Å²) in [4.78, 5) is 4.69. The van der Waals surface area contributed by atoms with Crippen LogP contribution in [0.25, 0.3) is 11.0 Å². The van der Waals surface area contributed by atoms with Gasteiger partial charge in [-0.1, -0.05) is 11.6 Å². The normalized spacial score (nSPS) is 16.2. The number of aromatic nitrogens is 2. The quantitative estimate of drug-likeness (QED) is 0.807. The van der Waals surface area contributed by atoms with Crippen molar-refractivity contribution < 1.29 is 0 Å². The molecule has 3 nitrogen and oxygen atoms in total. The summed E-state index contributed by atoms with van der Waals surface area (Å²) < 4.78 is 2.24. The summed E-state index contributed by atoms with van der Waals surface area (Å²) in [6.45, 7) is 2.17. The summed E-state index contributed by atoms with van der Waals surface area (Å²) in [5.41, 5.74) is 2.09. The lowest BCUT2D eigenvalue weighted by Crippen LogP contribution is -2.40. The van der Waals surface area contributed by atoms with Gasteiger partial charge in [-0.3, -0.25) is 0 Å². The largest absolute Gasteiger partial charge is 0.311 e. The number of nitrogens with zero attached hydrogens (tertiary/aromatic N) is 3. The zero-order valence-corrected chi connectivity index (χ0v) is 12.3. The van der Waals surface area contributed by atoms with Crippen LogP contribution in [0.3, 0.4) is 0 Å². The van der Waals surface area contributed by atoms with Gasteiger partial charge >= 0.3 is 0 Å². The van der Waals surface area contributed by atoms with Crippen LogP contribution in [-0.4, -0.2) is 28.6 Å². The Morgan fingerprint density at radius 1 is 1.16 bits per heavy atom. The number of fused-ring (bicyclic) bond motifs is 1. The van der Waals surface area contributed by atoms with Gasteiger partial charge in [0.1, 0.15) is 5.82 Å². The van der Waals surface area contributed by atoms with Crippen LogP contribution >= 0.6 is 23.2 Å². The molecule has 0 unspecified atom stereocenters. The molecule has 1 aliphatic rings. The summed E-state index contributed by atoms with van der Waals surface area (Å²) in [5.74, 6) is 1.62. The Balaban J connectivity index is 2.09.